The molecular formula is C19H22N4O. The van der Waals surface area contributed by atoms with E-state index < -0.39 is 0 Å². The van der Waals surface area contributed by atoms with E-state index in [0.29, 0.717) is 5.65 Å². The Bertz CT molecular complexity index is 934. The first-order valence-electron chi connectivity index (χ1n) is 8.55. The summed E-state index contributed by atoms with van der Waals surface area (Å²) in [5.41, 5.74) is 6.36. The van der Waals surface area contributed by atoms with Crippen molar-refractivity contribution in [1.29, 1.82) is 0 Å². The molecule has 24 heavy (non-hydrogen) atoms. The van der Waals surface area contributed by atoms with Gasteiger partial charge in [0.2, 0.25) is 0 Å². The fourth-order valence-electron chi connectivity index (χ4n) is 3.67. The lowest BCUT2D eigenvalue weighted by atomic mass is 9.95. The zero-order valence-electron chi connectivity index (χ0n) is 14.1. The molecule has 3 aromatic rings. The summed E-state index contributed by atoms with van der Waals surface area (Å²) in [6.07, 6.45) is 5.45. The Kier molecular flexibility index (Phi) is 3.63. The number of pyridine rings is 1. The molecule has 0 radical (unpaired) electrons. The summed E-state index contributed by atoms with van der Waals surface area (Å²) in [5, 5.41) is 6.39. The van der Waals surface area contributed by atoms with Crippen molar-refractivity contribution in [3.63, 3.8) is 0 Å². The van der Waals surface area contributed by atoms with Crippen LogP contribution in [0.4, 0.5) is 5.69 Å². The number of aromatic amines is 2. The van der Waals surface area contributed by atoms with Crippen LogP contribution in [0.5, 0.6) is 0 Å². The molecule has 2 heterocycles. The molecule has 2 N–H and O–H groups in total. The van der Waals surface area contributed by atoms with Gasteiger partial charge in [-0.25, -0.2) is 4.98 Å². The first-order chi connectivity index (χ1) is 11.6. The fourth-order valence-corrected chi connectivity index (χ4v) is 3.67. The SMILES string of the molecule is CN(C)c1ccc(-c2nc3[nH][nH]c(=O)c3c3c2CCCCC3)cc1. The number of aryl methyl sites for hydroxylation is 1. The van der Waals surface area contributed by atoms with Crippen molar-refractivity contribution in [3.8, 4) is 11.3 Å². The van der Waals surface area contributed by atoms with Crippen LogP contribution in [0.2, 0.25) is 0 Å². The van der Waals surface area contributed by atoms with Gasteiger partial charge < -0.3 is 4.90 Å². The number of benzene rings is 1. The fraction of sp³-hybridized carbons (Fsp3) is 0.368. The number of rotatable bonds is 2. The van der Waals surface area contributed by atoms with Gasteiger partial charge in [-0.2, -0.15) is 0 Å². The minimum absolute atomic E-state index is 0.0508. The molecular weight excluding hydrogens is 300 g/mol. The van der Waals surface area contributed by atoms with Crippen molar-refractivity contribution in [2.75, 3.05) is 19.0 Å². The average molecular weight is 322 g/mol. The molecule has 0 aliphatic heterocycles. The molecule has 0 spiro atoms. The van der Waals surface area contributed by atoms with E-state index in [1.165, 1.54) is 23.2 Å². The van der Waals surface area contributed by atoms with Gasteiger partial charge in [-0.15, -0.1) is 0 Å². The lowest BCUT2D eigenvalue weighted by Crippen LogP contribution is -2.08. The topological polar surface area (TPSA) is 64.8 Å². The summed E-state index contributed by atoms with van der Waals surface area (Å²) >= 11 is 0. The molecule has 0 fully saturated rings. The highest BCUT2D eigenvalue weighted by atomic mass is 16.1. The van der Waals surface area contributed by atoms with Crippen LogP contribution in [0.15, 0.2) is 29.1 Å². The first-order valence-corrected chi connectivity index (χ1v) is 8.55. The molecule has 1 aromatic carbocycles. The van der Waals surface area contributed by atoms with Gasteiger partial charge in [0.1, 0.15) is 0 Å². The molecule has 5 heteroatoms. The summed E-state index contributed by atoms with van der Waals surface area (Å²) in [7, 11) is 4.08. The molecule has 5 nitrogen and oxygen atoms in total. The summed E-state index contributed by atoms with van der Waals surface area (Å²) in [6.45, 7) is 0. The molecule has 124 valence electrons. The van der Waals surface area contributed by atoms with Gasteiger partial charge in [-0.05, 0) is 48.9 Å². The largest absolute Gasteiger partial charge is 0.378 e. The molecule has 0 atom stereocenters. The number of nitrogens with zero attached hydrogens (tertiary/aromatic N) is 2. The van der Waals surface area contributed by atoms with Crippen molar-refractivity contribution in [1.82, 2.24) is 15.2 Å². The maximum atomic E-state index is 12.2. The number of anilines is 1. The van der Waals surface area contributed by atoms with Crippen LogP contribution in [0.3, 0.4) is 0 Å². The van der Waals surface area contributed by atoms with Crippen molar-refractivity contribution < 1.29 is 0 Å². The van der Waals surface area contributed by atoms with Crippen LogP contribution < -0.4 is 10.5 Å². The van der Waals surface area contributed by atoms with Crippen molar-refractivity contribution in [3.05, 3.63) is 45.7 Å². The van der Waals surface area contributed by atoms with E-state index in [1.54, 1.807) is 0 Å². The van der Waals surface area contributed by atoms with E-state index >= 15 is 0 Å². The minimum Gasteiger partial charge on any atom is -0.378 e. The van der Waals surface area contributed by atoms with Gasteiger partial charge in [0.05, 0.1) is 11.1 Å². The second-order valence-electron chi connectivity index (χ2n) is 6.72. The monoisotopic (exact) mass is 322 g/mol. The van der Waals surface area contributed by atoms with E-state index in [1.807, 2.05) is 14.1 Å². The van der Waals surface area contributed by atoms with Crippen molar-refractivity contribution in [2.24, 2.45) is 0 Å². The Hall–Kier alpha value is -2.56. The van der Waals surface area contributed by atoms with Crippen LogP contribution in [0.1, 0.15) is 30.4 Å². The first kappa shape index (κ1) is 15.0. The highest BCUT2D eigenvalue weighted by molar-refractivity contribution is 5.84. The molecule has 4 rings (SSSR count). The van der Waals surface area contributed by atoms with E-state index in [2.05, 4.69) is 39.4 Å². The van der Waals surface area contributed by atoms with E-state index in [0.717, 1.165) is 42.3 Å². The van der Waals surface area contributed by atoms with Gasteiger partial charge in [-0.1, -0.05) is 18.6 Å². The molecule has 0 unspecified atom stereocenters. The Labute approximate surface area is 140 Å². The second-order valence-corrected chi connectivity index (χ2v) is 6.72. The van der Waals surface area contributed by atoms with Crippen LogP contribution in [-0.4, -0.2) is 29.3 Å². The standard InChI is InChI=1S/C19H22N4O/c1-23(2)13-10-8-12(9-11-13)17-15-7-5-3-4-6-14(15)16-18(20-17)21-22-19(16)24/h8-11H,3-7H2,1-2H3,(H2,20,21,22,24). The lowest BCUT2D eigenvalue weighted by Gasteiger charge is -2.15. The van der Waals surface area contributed by atoms with E-state index in [-0.39, 0.29) is 5.56 Å². The molecule has 0 saturated heterocycles. The number of aromatic nitrogens is 3. The lowest BCUT2D eigenvalue weighted by molar-refractivity contribution is 0.712. The normalized spacial score (nSPS) is 14.4. The van der Waals surface area contributed by atoms with Crippen molar-refractivity contribution >= 4 is 16.7 Å². The molecule has 2 aromatic heterocycles. The van der Waals surface area contributed by atoms with Crippen LogP contribution >= 0.6 is 0 Å². The minimum atomic E-state index is -0.0508. The Morgan fingerprint density at radius 1 is 0.958 bits per heavy atom. The van der Waals surface area contributed by atoms with Crippen LogP contribution in [0, 0.1) is 0 Å². The summed E-state index contributed by atoms with van der Waals surface area (Å²) in [5.74, 6) is 0. The summed E-state index contributed by atoms with van der Waals surface area (Å²) < 4.78 is 0. The molecule has 0 saturated carbocycles. The summed E-state index contributed by atoms with van der Waals surface area (Å²) in [6, 6.07) is 8.48. The third-order valence-corrected chi connectivity index (χ3v) is 4.94. The number of hydrogen-bond acceptors (Lipinski definition) is 3. The highest BCUT2D eigenvalue weighted by Gasteiger charge is 2.21. The maximum absolute atomic E-state index is 12.2. The molecule has 0 bridgehead atoms. The quantitative estimate of drug-likeness (QED) is 0.712. The van der Waals surface area contributed by atoms with Crippen LogP contribution in [0.25, 0.3) is 22.3 Å². The molecule has 0 amide bonds. The van der Waals surface area contributed by atoms with Gasteiger partial charge in [0, 0.05) is 25.3 Å². The predicted octanol–water partition coefficient (Wildman–Crippen LogP) is 3.25. The number of nitrogens with one attached hydrogen (secondary N) is 2. The average Bonchev–Trinajstić information content (AvgIpc) is 2.81. The molecule has 1 aliphatic rings. The van der Waals surface area contributed by atoms with E-state index in [4.69, 9.17) is 4.98 Å². The van der Waals surface area contributed by atoms with Gasteiger partial charge in [0.15, 0.2) is 5.65 Å². The zero-order valence-corrected chi connectivity index (χ0v) is 14.1. The van der Waals surface area contributed by atoms with Crippen molar-refractivity contribution in [2.45, 2.75) is 32.1 Å². The Balaban J connectivity index is 1.94. The number of fused-ring (bicyclic) bond motifs is 3. The molecule has 1 aliphatic carbocycles. The van der Waals surface area contributed by atoms with Gasteiger partial charge in [-0.3, -0.25) is 15.0 Å². The number of H-pyrrole nitrogens is 2. The highest BCUT2D eigenvalue weighted by Crippen LogP contribution is 2.33. The van der Waals surface area contributed by atoms with Gasteiger partial charge in [0.25, 0.3) is 5.56 Å². The second kappa shape index (κ2) is 5.82. The van der Waals surface area contributed by atoms with Gasteiger partial charge >= 0.3 is 0 Å². The summed E-state index contributed by atoms with van der Waals surface area (Å²) in [4.78, 5) is 19.1. The predicted molar refractivity (Wildman–Crippen MR) is 97.7 cm³/mol. The van der Waals surface area contributed by atoms with E-state index in [9.17, 15) is 4.79 Å². The third kappa shape index (κ3) is 2.40. The zero-order chi connectivity index (χ0) is 16.7. The third-order valence-electron chi connectivity index (χ3n) is 4.94. The Morgan fingerprint density at radius 3 is 2.38 bits per heavy atom. The smallest absolute Gasteiger partial charge is 0.273 e. The Morgan fingerprint density at radius 2 is 1.67 bits per heavy atom. The van der Waals surface area contributed by atoms with Crippen LogP contribution in [-0.2, 0) is 12.8 Å². The maximum Gasteiger partial charge on any atom is 0.273 e. The number of hydrogen-bond donors (Lipinski definition) is 2.